The van der Waals surface area contributed by atoms with Crippen LogP contribution in [0.1, 0.15) is 18.4 Å². The van der Waals surface area contributed by atoms with E-state index in [1.807, 2.05) is 24.3 Å². The molecule has 0 spiro atoms. The number of piperidine rings is 1. The molecular formula is C22H26N6O2. The summed E-state index contributed by atoms with van der Waals surface area (Å²) in [6, 6.07) is 18.0. The minimum Gasteiger partial charge on any atom is -0.484 e. The van der Waals surface area contributed by atoms with E-state index in [1.54, 1.807) is 10.7 Å². The quantitative estimate of drug-likeness (QED) is 0.615. The van der Waals surface area contributed by atoms with Crippen molar-refractivity contribution < 1.29 is 9.53 Å². The zero-order chi connectivity index (χ0) is 20.6. The van der Waals surface area contributed by atoms with Gasteiger partial charge in [-0.1, -0.05) is 36.4 Å². The van der Waals surface area contributed by atoms with Crippen molar-refractivity contribution in [3.63, 3.8) is 0 Å². The molecule has 1 aliphatic heterocycles. The van der Waals surface area contributed by atoms with E-state index in [9.17, 15) is 4.79 Å². The number of aromatic nitrogens is 4. The van der Waals surface area contributed by atoms with Crippen molar-refractivity contribution in [3.8, 4) is 11.4 Å². The van der Waals surface area contributed by atoms with Crippen LogP contribution in [-0.2, 0) is 11.2 Å². The summed E-state index contributed by atoms with van der Waals surface area (Å²) in [5.41, 5.74) is 2.13. The molecule has 0 radical (unpaired) electrons. The predicted octanol–water partition coefficient (Wildman–Crippen LogP) is 1.86. The van der Waals surface area contributed by atoms with E-state index < -0.39 is 0 Å². The second kappa shape index (κ2) is 9.98. The van der Waals surface area contributed by atoms with Crippen molar-refractivity contribution in [2.75, 3.05) is 26.2 Å². The summed E-state index contributed by atoms with van der Waals surface area (Å²) in [6.45, 7) is 2.96. The monoisotopic (exact) mass is 406 g/mol. The Morgan fingerprint density at radius 2 is 2.07 bits per heavy atom. The van der Waals surface area contributed by atoms with E-state index in [-0.39, 0.29) is 18.6 Å². The molecule has 1 fully saturated rings. The molecule has 4 rings (SSSR count). The first-order chi connectivity index (χ1) is 14.8. The lowest BCUT2D eigenvalue weighted by Gasteiger charge is -2.33. The Labute approximate surface area is 175 Å². The lowest BCUT2D eigenvalue weighted by atomic mass is 10.0. The molecular weight excluding hydrogens is 380 g/mol. The molecule has 1 amide bonds. The van der Waals surface area contributed by atoms with Crippen molar-refractivity contribution in [1.82, 2.24) is 30.4 Å². The zero-order valence-electron chi connectivity index (χ0n) is 16.9. The number of nitrogens with one attached hydrogen (secondary N) is 1. The number of carbonyl (C=O) groups excluding carboxylic acids is 1. The second-order valence-electron chi connectivity index (χ2n) is 7.48. The highest BCUT2D eigenvalue weighted by molar-refractivity contribution is 5.77. The van der Waals surface area contributed by atoms with Gasteiger partial charge in [-0.15, -0.1) is 5.10 Å². The van der Waals surface area contributed by atoms with E-state index in [4.69, 9.17) is 4.74 Å². The molecule has 2 heterocycles. The maximum atomic E-state index is 12.4. The van der Waals surface area contributed by atoms with Gasteiger partial charge in [-0.2, -0.15) is 0 Å². The molecule has 3 aromatic rings. The number of rotatable bonds is 8. The van der Waals surface area contributed by atoms with Gasteiger partial charge in [-0.25, -0.2) is 4.68 Å². The Morgan fingerprint density at radius 1 is 1.17 bits per heavy atom. The molecule has 8 heteroatoms. The Morgan fingerprint density at radius 3 is 2.90 bits per heavy atom. The highest BCUT2D eigenvalue weighted by Crippen LogP contribution is 2.16. The molecule has 0 unspecified atom stereocenters. The third-order valence-electron chi connectivity index (χ3n) is 5.23. The molecule has 1 aromatic heterocycles. The van der Waals surface area contributed by atoms with Crippen LogP contribution in [0.2, 0.25) is 0 Å². The molecule has 30 heavy (non-hydrogen) atoms. The fraction of sp³-hybridized carbons (Fsp3) is 0.364. The van der Waals surface area contributed by atoms with Crippen molar-refractivity contribution in [1.29, 1.82) is 0 Å². The number of hydrogen-bond acceptors (Lipinski definition) is 6. The summed E-state index contributed by atoms with van der Waals surface area (Å²) in [4.78, 5) is 14.8. The van der Waals surface area contributed by atoms with Gasteiger partial charge in [0.15, 0.2) is 6.61 Å². The molecule has 2 aromatic carbocycles. The van der Waals surface area contributed by atoms with Crippen molar-refractivity contribution in [2.24, 2.45) is 0 Å². The van der Waals surface area contributed by atoms with E-state index in [2.05, 4.69) is 50.0 Å². The topological polar surface area (TPSA) is 85.2 Å². The van der Waals surface area contributed by atoms with Crippen molar-refractivity contribution in [3.05, 3.63) is 66.5 Å². The van der Waals surface area contributed by atoms with Gasteiger partial charge in [0, 0.05) is 25.2 Å². The normalized spacial score (nSPS) is 16.9. The Hall–Kier alpha value is -3.26. The molecule has 1 saturated heterocycles. The average Bonchev–Trinajstić information content (AvgIpc) is 3.33. The van der Waals surface area contributed by atoms with Gasteiger partial charge in [-0.05, 0) is 53.9 Å². The smallest absolute Gasteiger partial charge is 0.258 e. The van der Waals surface area contributed by atoms with Crippen LogP contribution in [0.5, 0.6) is 5.75 Å². The van der Waals surface area contributed by atoms with Gasteiger partial charge in [0.2, 0.25) is 0 Å². The molecule has 1 aliphatic rings. The Bertz CT molecular complexity index is 932. The SMILES string of the molecule is O=C(COc1cccc(-n2cnnn2)c1)N[C@H]1CCCN(CCc2ccccc2)C1. The summed E-state index contributed by atoms with van der Waals surface area (Å²) in [5, 5.41) is 14.2. The third-order valence-corrected chi connectivity index (χ3v) is 5.23. The van der Waals surface area contributed by atoms with Crippen LogP contribution in [-0.4, -0.2) is 63.3 Å². The third kappa shape index (κ3) is 5.64. The molecule has 0 saturated carbocycles. The van der Waals surface area contributed by atoms with Gasteiger partial charge in [0.25, 0.3) is 5.91 Å². The van der Waals surface area contributed by atoms with E-state index in [0.29, 0.717) is 5.75 Å². The van der Waals surface area contributed by atoms with Gasteiger partial charge in [0.1, 0.15) is 12.1 Å². The van der Waals surface area contributed by atoms with E-state index in [1.165, 1.54) is 11.9 Å². The Kier molecular flexibility index (Phi) is 6.66. The van der Waals surface area contributed by atoms with Crippen molar-refractivity contribution >= 4 is 5.91 Å². The summed E-state index contributed by atoms with van der Waals surface area (Å²) in [5.74, 6) is 0.504. The van der Waals surface area contributed by atoms with Crippen LogP contribution in [0, 0.1) is 0 Å². The fourth-order valence-electron chi connectivity index (χ4n) is 3.72. The fourth-order valence-corrected chi connectivity index (χ4v) is 3.72. The predicted molar refractivity (Wildman–Crippen MR) is 112 cm³/mol. The van der Waals surface area contributed by atoms with Crippen LogP contribution in [0.4, 0.5) is 0 Å². The number of amides is 1. The first kappa shape index (κ1) is 20.0. The van der Waals surface area contributed by atoms with Crippen LogP contribution in [0.3, 0.4) is 0 Å². The van der Waals surface area contributed by atoms with Crippen LogP contribution in [0.15, 0.2) is 60.9 Å². The molecule has 156 valence electrons. The zero-order valence-corrected chi connectivity index (χ0v) is 16.9. The average molecular weight is 406 g/mol. The molecule has 1 N–H and O–H groups in total. The van der Waals surface area contributed by atoms with Gasteiger partial charge in [-0.3, -0.25) is 4.79 Å². The van der Waals surface area contributed by atoms with Crippen LogP contribution >= 0.6 is 0 Å². The van der Waals surface area contributed by atoms with Crippen LogP contribution < -0.4 is 10.1 Å². The maximum absolute atomic E-state index is 12.4. The van der Waals surface area contributed by atoms with Gasteiger partial charge >= 0.3 is 0 Å². The summed E-state index contributed by atoms with van der Waals surface area (Å²) >= 11 is 0. The van der Waals surface area contributed by atoms with Gasteiger partial charge < -0.3 is 15.0 Å². The first-order valence-corrected chi connectivity index (χ1v) is 10.3. The number of benzene rings is 2. The van der Waals surface area contributed by atoms with E-state index >= 15 is 0 Å². The van der Waals surface area contributed by atoms with Gasteiger partial charge in [0.05, 0.1) is 5.69 Å². The maximum Gasteiger partial charge on any atom is 0.258 e. The second-order valence-corrected chi connectivity index (χ2v) is 7.48. The number of likely N-dealkylation sites (tertiary alicyclic amines) is 1. The summed E-state index contributed by atoms with van der Waals surface area (Å²) in [6.07, 6.45) is 4.64. The first-order valence-electron chi connectivity index (χ1n) is 10.3. The number of tetrazole rings is 1. The van der Waals surface area contributed by atoms with E-state index in [0.717, 1.165) is 44.6 Å². The lowest BCUT2D eigenvalue weighted by molar-refractivity contribution is -0.124. The number of nitrogens with zero attached hydrogens (tertiary/aromatic N) is 5. The molecule has 0 aliphatic carbocycles. The Balaban J connectivity index is 1.22. The molecule has 8 nitrogen and oxygen atoms in total. The largest absolute Gasteiger partial charge is 0.484 e. The standard InChI is InChI=1S/C22H26N6O2/c29-22(16-30-21-10-4-9-20(14-21)28-17-23-25-26-28)24-19-8-5-12-27(15-19)13-11-18-6-2-1-3-7-18/h1-4,6-7,9-10,14,17,19H,5,8,11-13,15-16H2,(H,24,29)/t19-/m0/s1. The molecule has 0 bridgehead atoms. The number of ether oxygens (including phenoxy) is 1. The van der Waals surface area contributed by atoms with Crippen molar-refractivity contribution in [2.45, 2.75) is 25.3 Å². The summed E-state index contributed by atoms with van der Waals surface area (Å²) < 4.78 is 7.21. The molecule has 1 atom stereocenters. The highest BCUT2D eigenvalue weighted by Gasteiger charge is 2.21. The number of hydrogen-bond donors (Lipinski definition) is 1. The number of carbonyl (C=O) groups is 1. The lowest BCUT2D eigenvalue weighted by Crippen LogP contribution is -2.49. The minimum absolute atomic E-state index is 0.0143. The van der Waals surface area contributed by atoms with Crippen LogP contribution in [0.25, 0.3) is 5.69 Å². The minimum atomic E-state index is -0.0993. The summed E-state index contributed by atoms with van der Waals surface area (Å²) in [7, 11) is 0. The highest BCUT2D eigenvalue weighted by atomic mass is 16.5.